The number of halogens is 8. The van der Waals surface area contributed by atoms with E-state index >= 15 is 0 Å². The predicted octanol–water partition coefficient (Wildman–Crippen LogP) is 14.1. The lowest BCUT2D eigenvalue weighted by atomic mass is 9.86. The number of rotatable bonds is 20. The third-order valence-corrected chi connectivity index (χ3v) is 28.9. The van der Waals surface area contributed by atoms with E-state index < -0.39 is 76.7 Å². The van der Waals surface area contributed by atoms with Crippen molar-refractivity contribution in [2.45, 2.75) is 85.5 Å². The molecule has 698 valence electrons. The van der Waals surface area contributed by atoms with Crippen LogP contribution in [0, 0.1) is 40.5 Å². The molecule has 0 bridgehead atoms. The number of benzene rings is 4. The van der Waals surface area contributed by atoms with Crippen LogP contribution in [0.15, 0.2) is 202 Å². The number of nitrogens with two attached hydrogens (primary N) is 1. The minimum Gasteiger partial charge on any atom is -0.463 e. The lowest BCUT2D eigenvalue weighted by Crippen LogP contribution is -2.58. The Morgan fingerprint density at radius 3 is 0.985 bits per heavy atom. The Bertz CT molecular complexity index is 5900. The molecular formula is C91H91Br4F4N17O13S4. The molecule has 42 heteroatoms. The van der Waals surface area contributed by atoms with Gasteiger partial charge < -0.3 is 68.6 Å². The molecule has 13 heterocycles. The summed E-state index contributed by atoms with van der Waals surface area (Å²) in [7, 11) is 0. The Balaban J connectivity index is 0.000000135. The molecule has 9 aliphatic heterocycles. The fourth-order valence-electron chi connectivity index (χ4n) is 16.6. The standard InChI is InChI=1S/C24H24BrFN4O4S.C23H22BrFN4O3S.C23H24BrFN4O3S.C21H21BrFN5O3S/c1-3-34-22(31)18-17-11-29(23(32)24(2)12-33-13-24)7-8-30(17)20(21-27-6-9-35-21)28-19(18)15-5-4-14(26)10-16(15)25;1-2-32-23(31)18-17-12-28(22(30)13-3-4-13)8-9-29(17)20(21-26-7-10-33-21)27-19(18)15-6-5-14(25)11-16(15)24;1-4-32-23(31)18-17-12-28(22(30)13(2)3)8-9-29(17)20(21-26-7-10-33-21)27-19(18)15-6-5-14(25)11-16(15)24;1-2-31-21(30)17-15-11-27(16(29)10-24)6-7-28(15)19(20-25-5-8-32-20)26-18(17)13-4-3-12(23)9-14(13)22/h4-6,9-10,19H,3,7-8,11-13H2,1-2H3;5-7,10-11,13,19H,2-4,8-9,12H2,1H3;5-7,10-11,13,19H,4,8-9,12H2,1-3H3;3-5,8-9,18H,2,6-7,10-11,24H2,1H3/t3*19-;18-/m0000/s1. The summed E-state index contributed by atoms with van der Waals surface area (Å²) < 4.78 is 84.3. The van der Waals surface area contributed by atoms with Crippen LogP contribution in [0.4, 0.5) is 17.6 Å². The van der Waals surface area contributed by atoms with Crippen LogP contribution >= 0.6 is 109 Å². The highest BCUT2D eigenvalue weighted by molar-refractivity contribution is 9.11. The van der Waals surface area contributed by atoms with Crippen molar-refractivity contribution in [3.8, 4) is 0 Å². The number of esters is 4. The molecule has 4 aromatic heterocycles. The van der Waals surface area contributed by atoms with E-state index in [0.717, 1.165) is 17.8 Å². The highest BCUT2D eigenvalue weighted by atomic mass is 79.9. The average molecular weight is 2150 g/mol. The lowest BCUT2D eigenvalue weighted by molar-refractivity contribution is -0.169. The highest BCUT2D eigenvalue weighted by Crippen LogP contribution is 2.48. The van der Waals surface area contributed by atoms with Crippen LogP contribution in [-0.2, 0) is 62.0 Å². The summed E-state index contributed by atoms with van der Waals surface area (Å²) in [5.74, 6) is -1.29. The quantitative estimate of drug-likeness (QED) is 0.0421. The molecule has 4 amide bonds. The van der Waals surface area contributed by atoms with Gasteiger partial charge in [0, 0.05) is 128 Å². The Hall–Kier alpha value is -10.4. The van der Waals surface area contributed by atoms with E-state index in [9.17, 15) is 55.9 Å². The van der Waals surface area contributed by atoms with Crippen LogP contribution in [0.5, 0.6) is 0 Å². The largest absolute Gasteiger partial charge is 0.463 e. The minimum absolute atomic E-state index is 0.00284. The molecule has 0 unspecified atom stereocenters. The zero-order valence-electron chi connectivity index (χ0n) is 73.1. The normalized spacial score (nSPS) is 19.6. The molecule has 18 rings (SSSR count). The number of piperazine rings is 4. The van der Waals surface area contributed by atoms with Gasteiger partial charge in [-0.3, -0.25) is 39.1 Å². The number of hydrogen-bond donors (Lipinski definition) is 1. The van der Waals surface area contributed by atoms with Gasteiger partial charge in [-0.25, -0.2) is 56.7 Å². The molecule has 1 saturated carbocycles. The number of aromatic nitrogens is 4. The number of amidine groups is 4. The molecular weight excluding hydrogens is 2060 g/mol. The van der Waals surface area contributed by atoms with Crippen LogP contribution in [0.1, 0.15) is 128 Å². The number of carbonyl (C=O) groups is 8. The Morgan fingerprint density at radius 2 is 0.722 bits per heavy atom. The second-order valence-corrected chi connectivity index (χ2v) is 39.1. The summed E-state index contributed by atoms with van der Waals surface area (Å²) in [6.07, 6.45) is 8.63. The molecule has 4 aromatic carbocycles. The summed E-state index contributed by atoms with van der Waals surface area (Å²) >= 11 is 19.5. The van der Waals surface area contributed by atoms with E-state index in [0.29, 0.717) is 196 Å². The summed E-state index contributed by atoms with van der Waals surface area (Å²) in [6.45, 7) is 18.8. The maximum absolute atomic E-state index is 13.9. The zero-order valence-corrected chi connectivity index (χ0v) is 82.7. The first-order valence-electron chi connectivity index (χ1n) is 42.9. The monoisotopic (exact) mass is 2150 g/mol. The van der Waals surface area contributed by atoms with E-state index in [4.69, 9.17) is 49.4 Å². The van der Waals surface area contributed by atoms with E-state index in [1.165, 1.54) is 93.9 Å². The molecule has 2 N–H and O–H groups in total. The summed E-state index contributed by atoms with van der Waals surface area (Å²) in [5.41, 5.74) is 11.5. The number of aliphatic imine (C=N–C) groups is 4. The van der Waals surface area contributed by atoms with Gasteiger partial charge in [-0.2, -0.15) is 0 Å². The maximum Gasteiger partial charge on any atom is 0.338 e. The zero-order chi connectivity index (χ0) is 94.4. The number of hydrogen-bond acceptors (Lipinski definition) is 30. The number of amides is 4. The Labute approximate surface area is 813 Å². The van der Waals surface area contributed by atoms with E-state index in [-0.39, 0.29) is 88.1 Å². The summed E-state index contributed by atoms with van der Waals surface area (Å²) in [6, 6.07) is 14.2. The number of ether oxygens (including phenoxy) is 5. The molecule has 0 radical (unpaired) electrons. The fraction of sp³-hybridized carbons (Fsp3) is 0.385. The number of carbonyl (C=O) groups excluding carboxylic acids is 8. The van der Waals surface area contributed by atoms with Crippen molar-refractivity contribution in [1.82, 2.24) is 59.1 Å². The first-order chi connectivity index (χ1) is 64.0. The molecule has 133 heavy (non-hydrogen) atoms. The molecule has 4 atom stereocenters. The van der Waals surface area contributed by atoms with Crippen molar-refractivity contribution >= 4 is 180 Å². The van der Waals surface area contributed by atoms with Crippen molar-refractivity contribution in [1.29, 1.82) is 0 Å². The third-order valence-electron chi connectivity index (χ3n) is 23.1. The Kier molecular flexibility index (Phi) is 31.1. The van der Waals surface area contributed by atoms with E-state index in [2.05, 4.69) is 83.7 Å². The first kappa shape index (κ1) is 97.1. The fourth-order valence-corrected chi connectivity index (χ4v) is 21.5. The van der Waals surface area contributed by atoms with Gasteiger partial charge in [-0.15, -0.1) is 45.3 Å². The Morgan fingerprint density at radius 1 is 0.436 bits per heavy atom. The maximum atomic E-state index is 13.9. The van der Waals surface area contributed by atoms with Gasteiger partial charge in [-0.05, 0) is 118 Å². The number of nitrogens with zero attached hydrogens (tertiary/aromatic N) is 16. The third kappa shape index (κ3) is 20.9. The van der Waals surface area contributed by atoms with Crippen molar-refractivity contribution in [3.05, 3.63) is 248 Å². The SMILES string of the molecule is CCOC(=O)C1=C2CN(C(=O)C(C)C)CCN2C(c2nccs2)=N[C@H]1c1ccc(F)cc1Br.CCOC(=O)C1=C2CN(C(=O)C3(C)COC3)CCN2C(c2nccs2)=N[C@H]1c1ccc(F)cc1Br.CCOC(=O)C1=C2CN(C(=O)C3CC3)CCN2C(c2nccs2)=N[C@H]1c1ccc(F)cc1Br.CCOC(=O)C1=C2CN(C(=O)CN)CCN2C(c2nccs2)=N[C@H]1c1ccc(F)cc1Br. The van der Waals surface area contributed by atoms with E-state index in [1.54, 1.807) is 91.4 Å². The molecule has 1 aliphatic carbocycles. The van der Waals surface area contributed by atoms with Gasteiger partial charge in [0.05, 0.1) is 123 Å². The average Bonchev–Trinajstić information content (AvgIpc) is 1.45. The van der Waals surface area contributed by atoms with Gasteiger partial charge in [0.25, 0.3) is 0 Å². The van der Waals surface area contributed by atoms with Crippen LogP contribution in [0.3, 0.4) is 0 Å². The van der Waals surface area contributed by atoms with E-state index in [1.807, 2.05) is 66.8 Å². The highest BCUT2D eigenvalue weighted by Gasteiger charge is 2.50. The molecule has 5 saturated heterocycles. The van der Waals surface area contributed by atoms with Crippen LogP contribution in [0.25, 0.3) is 0 Å². The summed E-state index contributed by atoms with van der Waals surface area (Å²) in [4.78, 5) is 157. The van der Waals surface area contributed by atoms with Gasteiger partial charge in [0.1, 0.15) is 47.4 Å². The molecule has 6 fully saturated rings. The van der Waals surface area contributed by atoms with Crippen molar-refractivity contribution < 1.29 is 79.6 Å². The number of fused-ring (bicyclic) bond motifs is 4. The topological polar surface area (TPSA) is 336 Å². The summed E-state index contributed by atoms with van der Waals surface area (Å²) in [5, 5.41) is 10.3. The molecule has 8 aromatic rings. The van der Waals surface area contributed by atoms with Crippen LogP contribution < -0.4 is 5.73 Å². The molecule has 30 nitrogen and oxygen atoms in total. The first-order valence-corrected chi connectivity index (χ1v) is 49.6. The molecule has 0 spiro atoms. The van der Waals surface area contributed by atoms with Crippen molar-refractivity contribution in [2.75, 3.05) is 125 Å². The second kappa shape index (κ2) is 42.6. The minimum atomic E-state index is -0.762. The van der Waals surface area contributed by atoms with Crippen LogP contribution in [0.2, 0.25) is 0 Å². The van der Waals surface area contributed by atoms with Gasteiger partial charge >= 0.3 is 23.9 Å². The predicted molar refractivity (Wildman–Crippen MR) is 505 cm³/mol. The van der Waals surface area contributed by atoms with Crippen molar-refractivity contribution in [3.63, 3.8) is 0 Å². The molecule has 10 aliphatic rings. The smallest absolute Gasteiger partial charge is 0.338 e. The van der Waals surface area contributed by atoms with Gasteiger partial charge in [-0.1, -0.05) is 102 Å². The van der Waals surface area contributed by atoms with Crippen LogP contribution in [-0.4, -0.2) is 255 Å². The second-order valence-electron chi connectivity index (χ2n) is 32.1. The van der Waals surface area contributed by atoms with Gasteiger partial charge in [0.15, 0.2) is 43.4 Å². The number of thiazole rings is 4. The lowest BCUT2D eigenvalue weighted by Gasteiger charge is -2.46. The van der Waals surface area contributed by atoms with Gasteiger partial charge in [0.2, 0.25) is 23.6 Å². The van der Waals surface area contributed by atoms with Crippen molar-refractivity contribution in [2.24, 2.45) is 43.0 Å².